The molecule has 5 nitrogen and oxygen atoms in total. The van der Waals surface area contributed by atoms with Gasteiger partial charge in [0, 0.05) is 26.2 Å². The number of piperazine rings is 1. The van der Waals surface area contributed by atoms with E-state index in [-0.39, 0.29) is 4.90 Å². The van der Waals surface area contributed by atoms with Crippen molar-refractivity contribution in [3.63, 3.8) is 0 Å². The van der Waals surface area contributed by atoms with Crippen LogP contribution in [0.2, 0.25) is 0 Å². The first-order chi connectivity index (χ1) is 9.95. The van der Waals surface area contributed by atoms with Gasteiger partial charge in [0.15, 0.2) is 0 Å². The Morgan fingerprint density at radius 2 is 1.90 bits per heavy atom. The molecule has 1 aliphatic heterocycles. The van der Waals surface area contributed by atoms with Crippen molar-refractivity contribution in [1.82, 2.24) is 9.21 Å². The third-order valence-electron chi connectivity index (χ3n) is 3.85. The maximum atomic E-state index is 12.7. The van der Waals surface area contributed by atoms with E-state index in [1.54, 1.807) is 35.5 Å². The fraction of sp³-hybridized carbons (Fsp3) is 0.600. The Morgan fingerprint density at radius 3 is 2.48 bits per heavy atom. The average Bonchev–Trinajstić information content (AvgIpc) is 2.48. The van der Waals surface area contributed by atoms with Gasteiger partial charge in [-0.2, -0.15) is 4.31 Å². The molecule has 0 saturated carbocycles. The molecule has 2 rings (SSSR count). The largest absolute Gasteiger partial charge is 0.389 e. The zero-order chi connectivity index (χ0) is 15.5. The van der Waals surface area contributed by atoms with Gasteiger partial charge in [0.25, 0.3) is 0 Å². The first kappa shape index (κ1) is 16.4. The molecule has 0 radical (unpaired) electrons. The third-order valence-corrected chi connectivity index (χ3v) is 5.74. The Morgan fingerprint density at radius 1 is 1.24 bits per heavy atom. The van der Waals surface area contributed by atoms with Gasteiger partial charge in [0.1, 0.15) is 0 Å². The summed E-state index contributed by atoms with van der Waals surface area (Å²) in [4.78, 5) is 2.56. The number of rotatable bonds is 5. The van der Waals surface area contributed by atoms with Crippen LogP contribution in [-0.2, 0) is 10.0 Å². The van der Waals surface area contributed by atoms with Crippen molar-refractivity contribution in [2.45, 2.75) is 31.3 Å². The molecule has 6 heteroatoms. The zero-order valence-corrected chi connectivity index (χ0v) is 13.5. The summed E-state index contributed by atoms with van der Waals surface area (Å²) in [5.41, 5.74) is 0.626. The second-order valence-corrected chi connectivity index (χ2v) is 7.43. The lowest BCUT2D eigenvalue weighted by molar-refractivity contribution is 0.188. The molecule has 0 amide bonds. The summed E-state index contributed by atoms with van der Waals surface area (Å²) < 4.78 is 26.8. The summed E-state index contributed by atoms with van der Waals surface area (Å²) in [7, 11) is -3.46. The second kappa shape index (κ2) is 6.87. The monoisotopic (exact) mass is 312 g/mol. The minimum atomic E-state index is -3.46. The summed E-state index contributed by atoms with van der Waals surface area (Å²) in [6.45, 7) is 7.40. The van der Waals surface area contributed by atoms with E-state index < -0.39 is 16.1 Å². The Bertz CT molecular complexity index is 564. The standard InChI is InChI=1S/C15H24N2O3S/c1-3-7-16-8-10-17(11-9-16)21(19,20)15-6-4-5-14(12-15)13(2)18/h4-6,12-13,18H,3,7-11H2,1-2H3. The smallest absolute Gasteiger partial charge is 0.243 e. The van der Waals surface area contributed by atoms with Crippen LogP contribution in [0.25, 0.3) is 0 Å². The Hall–Kier alpha value is -0.950. The van der Waals surface area contributed by atoms with E-state index >= 15 is 0 Å². The van der Waals surface area contributed by atoms with E-state index in [0.717, 1.165) is 26.1 Å². The van der Waals surface area contributed by atoms with Gasteiger partial charge in [-0.15, -0.1) is 0 Å². The topological polar surface area (TPSA) is 60.9 Å². The molecule has 0 aliphatic carbocycles. The van der Waals surface area contributed by atoms with Crippen LogP contribution >= 0.6 is 0 Å². The molecule has 0 bridgehead atoms. The summed E-state index contributed by atoms with van der Waals surface area (Å²) in [5, 5.41) is 9.60. The molecule has 1 aromatic rings. The van der Waals surface area contributed by atoms with Crippen molar-refractivity contribution in [3.8, 4) is 0 Å². The van der Waals surface area contributed by atoms with Gasteiger partial charge < -0.3 is 10.0 Å². The third kappa shape index (κ3) is 3.83. The van der Waals surface area contributed by atoms with Crippen molar-refractivity contribution in [1.29, 1.82) is 0 Å². The molecule has 1 aromatic carbocycles. The van der Waals surface area contributed by atoms with Gasteiger partial charge in [-0.3, -0.25) is 0 Å². The lowest BCUT2D eigenvalue weighted by Gasteiger charge is -2.33. The van der Waals surface area contributed by atoms with Crippen LogP contribution in [0.5, 0.6) is 0 Å². The first-order valence-corrected chi connectivity index (χ1v) is 8.89. The number of aliphatic hydroxyl groups is 1. The van der Waals surface area contributed by atoms with Crippen molar-refractivity contribution in [2.24, 2.45) is 0 Å². The van der Waals surface area contributed by atoms with E-state index in [9.17, 15) is 13.5 Å². The van der Waals surface area contributed by atoms with Gasteiger partial charge in [-0.25, -0.2) is 8.42 Å². The molecule has 1 aliphatic rings. The highest BCUT2D eigenvalue weighted by atomic mass is 32.2. The maximum Gasteiger partial charge on any atom is 0.243 e. The van der Waals surface area contributed by atoms with E-state index in [2.05, 4.69) is 11.8 Å². The number of sulfonamides is 1. The zero-order valence-electron chi connectivity index (χ0n) is 12.7. The number of hydrogen-bond acceptors (Lipinski definition) is 4. The van der Waals surface area contributed by atoms with Gasteiger partial charge >= 0.3 is 0 Å². The number of aliphatic hydroxyl groups excluding tert-OH is 1. The van der Waals surface area contributed by atoms with E-state index in [0.29, 0.717) is 18.7 Å². The lowest BCUT2D eigenvalue weighted by atomic mass is 10.1. The molecule has 118 valence electrons. The molecule has 1 unspecified atom stereocenters. The van der Waals surface area contributed by atoms with Crippen molar-refractivity contribution in [2.75, 3.05) is 32.7 Å². The van der Waals surface area contributed by atoms with Gasteiger partial charge in [0.2, 0.25) is 10.0 Å². The van der Waals surface area contributed by atoms with Crippen LogP contribution in [0.4, 0.5) is 0 Å². The first-order valence-electron chi connectivity index (χ1n) is 7.45. The highest BCUT2D eigenvalue weighted by molar-refractivity contribution is 7.89. The summed E-state index contributed by atoms with van der Waals surface area (Å²) in [6.07, 6.45) is 0.421. The van der Waals surface area contributed by atoms with E-state index in [4.69, 9.17) is 0 Å². The molecule has 1 N–H and O–H groups in total. The van der Waals surface area contributed by atoms with Crippen LogP contribution in [0.1, 0.15) is 31.9 Å². The Kier molecular flexibility index (Phi) is 5.37. The van der Waals surface area contributed by atoms with Gasteiger partial charge in [0.05, 0.1) is 11.0 Å². The predicted octanol–water partition coefficient (Wildman–Crippen LogP) is 1.46. The highest BCUT2D eigenvalue weighted by Crippen LogP contribution is 2.21. The van der Waals surface area contributed by atoms with E-state index in [1.807, 2.05) is 0 Å². The fourth-order valence-electron chi connectivity index (χ4n) is 2.59. The van der Waals surface area contributed by atoms with E-state index in [1.165, 1.54) is 0 Å². The molecular weight excluding hydrogens is 288 g/mol. The Labute approximate surface area is 127 Å². The van der Waals surface area contributed by atoms with Crippen molar-refractivity contribution >= 4 is 10.0 Å². The average molecular weight is 312 g/mol. The predicted molar refractivity (Wildman–Crippen MR) is 82.6 cm³/mol. The molecule has 0 aromatic heterocycles. The van der Waals surface area contributed by atoms with Crippen molar-refractivity contribution in [3.05, 3.63) is 29.8 Å². The number of hydrogen-bond donors (Lipinski definition) is 1. The quantitative estimate of drug-likeness (QED) is 0.894. The second-order valence-electron chi connectivity index (χ2n) is 5.49. The molecule has 1 heterocycles. The molecule has 0 spiro atoms. The SMILES string of the molecule is CCCN1CCN(S(=O)(=O)c2cccc(C(C)O)c2)CC1. The van der Waals surface area contributed by atoms with Gasteiger partial charge in [-0.05, 0) is 37.6 Å². The molecular formula is C15H24N2O3S. The van der Waals surface area contributed by atoms with Crippen LogP contribution in [0.3, 0.4) is 0 Å². The molecule has 1 atom stereocenters. The summed E-state index contributed by atoms with van der Waals surface area (Å²) in [6, 6.07) is 6.59. The van der Waals surface area contributed by atoms with Crippen molar-refractivity contribution < 1.29 is 13.5 Å². The van der Waals surface area contributed by atoms with Crippen LogP contribution in [-0.4, -0.2) is 55.5 Å². The molecule has 1 saturated heterocycles. The minimum absolute atomic E-state index is 0.268. The van der Waals surface area contributed by atoms with Crippen LogP contribution in [0.15, 0.2) is 29.2 Å². The molecule has 1 fully saturated rings. The Balaban J connectivity index is 2.14. The maximum absolute atomic E-state index is 12.7. The number of nitrogens with zero attached hydrogens (tertiary/aromatic N) is 2. The summed E-state index contributed by atoms with van der Waals surface area (Å²) in [5.74, 6) is 0. The molecule has 21 heavy (non-hydrogen) atoms. The lowest BCUT2D eigenvalue weighted by Crippen LogP contribution is -2.48. The fourth-order valence-corrected chi connectivity index (χ4v) is 4.07. The number of benzene rings is 1. The minimum Gasteiger partial charge on any atom is -0.389 e. The highest BCUT2D eigenvalue weighted by Gasteiger charge is 2.28. The van der Waals surface area contributed by atoms with Crippen LogP contribution in [0, 0.1) is 0 Å². The van der Waals surface area contributed by atoms with Gasteiger partial charge in [-0.1, -0.05) is 19.1 Å². The van der Waals surface area contributed by atoms with Crippen LogP contribution < -0.4 is 0 Å². The normalized spacial score (nSPS) is 19.6. The summed E-state index contributed by atoms with van der Waals surface area (Å²) >= 11 is 0.